The van der Waals surface area contributed by atoms with Gasteiger partial charge >= 0.3 is 0 Å². The summed E-state index contributed by atoms with van der Waals surface area (Å²) in [6.07, 6.45) is 0.867. The number of methoxy groups -OCH3 is 1. The van der Waals surface area contributed by atoms with E-state index in [1.807, 2.05) is 30.3 Å². The summed E-state index contributed by atoms with van der Waals surface area (Å²) >= 11 is 3.39. The van der Waals surface area contributed by atoms with E-state index in [-0.39, 0.29) is 5.78 Å². The zero-order valence-electron chi connectivity index (χ0n) is 12.1. The number of ether oxygens (including phenoxy) is 2. The Kier molecular flexibility index (Phi) is 5.53. The molecule has 2 aromatic carbocycles. The lowest BCUT2D eigenvalue weighted by Crippen LogP contribution is -1.97. The third-order valence-corrected chi connectivity index (χ3v) is 3.56. The fourth-order valence-corrected chi connectivity index (χ4v) is 2.28. The molecular formula is C17H17BrO3. The van der Waals surface area contributed by atoms with Crippen LogP contribution in [0.5, 0.6) is 11.5 Å². The molecule has 0 saturated heterocycles. The molecule has 2 aromatic rings. The molecule has 0 saturated carbocycles. The summed E-state index contributed by atoms with van der Waals surface area (Å²) in [5, 5.41) is 0. The first-order valence-corrected chi connectivity index (χ1v) is 7.45. The van der Waals surface area contributed by atoms with Crippen molar-refractivity contribution in [3.8, 4) is 11.5 Å². The van der Waals surface area contributed by atoms with Crippen molar-refractivity contribution < 1.29 is 14.3 Å². The van der Waals surface area contributed by atoms with Crippen LogP contribution >= 0.6 is 15.9 Å². The Morgan fingerprint density at radius 3 is 2.48 bits per heavy atom. The van der Waals surface area contributed by atoms with Gasteiger partial charge in [-0.15, -0.1) is 0 Å². The topological polar surface area (TPSA) is 35.5 Å². The van der Waals surface area contributed by atoms with E-state index in [1.54, 1.807) is 19.2 Å². The monoisotopic (exact) mass is 348 g/mol. The largest absolute Gasteiger partial charge is 0.457 e. The van der Waals surface area contributed by atoms with E-state index >= 15 is 0 Å². The van der Waals surface area contributed by atoms with E-state index in [0.717, 1.165) is 10.9 Å². The molecule has 0 bridgehead atoms. The Bertz CT molecular complexity index is 620. The van der Waals surface area contributed by atoms with Crippen molar-refractivity contribution in [2.24, 2.45) is 0 Å². The number of hydrogen-bond donors (Lipinski definition) is 0. The highest BCUT2D eigenvalue weighted by Crippen LogP contribution is 2.29. The molecule has 0 fully saturated rings. The molecular weight excluding hydrogens is 332 g/mol. The van der Waals surface area contributed by atoms with E-state index < -0.39 is 0 Å². The van der Waals surface area contributed by atoms with Crippen molar-refractivity contribution in [2.45, 2.75) is 13.3 Å². The lowest BCUT2D eigenvalue weighted by atomic mass is 10.1. The summed E-state index contributed by atoms with van der Waals surface area (Å²) in [5.74, 6) is 1.24. The molecule has 0 unspecified atom stereocenters. The molecule has 110 valence electrons. The summed E-state index contributed by atoms with van der Waals surface area (Å²) in [4.78, 5) is 11.6. The van der Waals surface area contributed by atoms with E-state index in [9.17, 15) is 4.79 Å². The summed E-state index contributed by atoms with van der Waals surface area (Å²) in [6.45, 7) is 2.23. The fraction of sp³-hybridized carbons (Fsp3) is 0.235. The SMILES string of the molecule is COCCc1ccc(Oc2cc(Br)ccc2C(C)=O)cc1. The molecule has 0 amide bonds. The minimum Gasteiger partial charge on any atom is -0.457 e. The summed E-state index contributed by atoms with van der Waals surface area (Å²) < 4.78 is 11.8. The maximum atomic E-state index is 11.6. The van der Waals surface area contributed by atoms with Crippen molar-refractivity contribution in [1.29, 1.82) is 0 Å². The molecule has 0 atom stereocenters. The highest BCUT2D eigenvalue weighted by molar-refractivity contribution is 9.10. The van der Waals surface area contributed by atoms with Gasteiger partial charge in [0.1, 0.15) is 11.5 Å². The molecule has 4 heteroatoms. The smallest absolute Gasteiger partial charge is 0.163 e. The van der Waals surface area contributed by atoms with Crippen LogP contribution in [0, 0.1) is 0 Å². The molecule has 0 aliphatic rings. The summed E-state index contributed by atoms with van der Waals surface area (Å²) in [5.41, 5.74) is 1.76. The van der Waals surface area contributed by atoms with Crippen LogP contribution in [0.15, 0.2) is 46.9 Å². The lowest BCUT2D eigenvalue weighted by Gasteiger charge is -2.10. The summed E-state index contributed by atoms with van der Waals surface area (Å²) in [7, 11) is 1.69. The van der Waals surface area contributed by atoms with Crippen LogP contribution in [0.2, 0.25) is 0 Å². The van der Waals surface area contributed by atoms with Gasteiger partial charge in [-0.2, -0.15) is 0 Å². The van der Waals surface area contributed by atoms with Crippen molar-refractivity contribution >= 4 is 21.7 Å². The maximum absolute atomic E-state index is 11.6. The number of ketones is 1. The highest BCUT2D eigenvalue weighted by atomic mass is 79.9. The Hall–Kier alpha value is -1.65. The molecule has 3 nitrogen and oxygen atoms in total. The first kappa shape index (κ1) is 15.7. The normalized spacial score (nSPS) is 10.4. The van der Waals surface area contributed by atoms with E-state index in [2.05, 4.69) is 15.9 Å². The van der Waals surface area contributed by atoms with Crippen molar-refractivity contribution in [3.05, 3.63) is 58.1 Å². The second-order valence-corrected chi connectivity index (χ2v) is 5.60. The van der Waals surface area contributed by atoms with Crippen LogP contribution in [-0.4, -0.2) is 19.5 Å². The minimum absolute atomic E-state index is 0.0192. The van der Waals surface area contributed by atoms with Crippen molar-refractivity contribution in [1.82, 2.24) is 0 Å². The Morgan fingerprint density at radius 2 is 1.86 bits per heavy atom. The molecule has 0 heterocycles. The molecule has 0 aliphatic heterocycles. The number of rotatable bonds is 6. The number of Topliss-reactive ketones (excluding diaryl/α,β-unsaturated/α-hetero) is 1. The minimum atomic E-state index is -0.0192. The number of halogens is 1. The van der Waals surface area contributed by atoms with Crippen LogP contribution in [0.3, 0.4) is 0 Å². The van der Waals surface area contributed by atoms with Crippen LogP contribution in [-0.2, 0) is 11.2 Å². The van der Waals surface area contributed by atoms with Crippen LogP contribution in [0.25, 0.3) is 0 Å². The van der Waals surface area contributed by atoms with Gasteiger partial charge in [0.05, 0.1) is 12.2 Å². The van der Waals surface area contributed by atoms with Gasteiger partial charge in [0.2, 0.25) is 0 Å². The second kappa shape index (κ2) is 7.38. The quantitative estimate of drug-likeness (QED) is 0.713. The van der Waals surface area contributed by atoms with Gasteiger partial charge in [0, 0.05) is 11.6 Å². The van der Waals surface area contributed by atoms with E-state index in [4.69, 9.17) is 9.47 Å². The van der Waals surface area contributed by atoms with Crippen molar-refractivity contribution in [2.75, 3.05) is 13.7 Å². The Labute approximate surface area is 133 Å². The van der Waals surface area contributed by atoms with E-state index in [0.29, 0.717) is 23.7 Å². The average Bonchev–Trinajstić information content (AvgIpc) is 2.46. The number of benzene rings is 2. The Balaban J connectivity index is 2.18. The van der Waals surface area contributed by atoms with Gasteiger partial charge in [0.15, 0.2) is 5.78 Å². The highest BCUT2D eigenvalue weighted by Gasteiger charge is 2.10. The number of carbonyl (C=O) groups is 1. The number of carbonyl (C=O) groups excluding carboxylic acids is 1. The zero-order valence-corrected chi connectivity index (χ0v) is 13.6. The zero-order chi connectivity index (χ0) is 15.2. The van der Waals surface area contributed by atoms with Gasteiger partial charge in [-0.05, 0) is 49.2 Å². The molecule has 21 heavy (non-hydrogen) atoms. The number of hydrogen-bond acceptors (Lipinski definition) is 3. The van der Waals surface area contributed by atoms with Gasteiger partial charge in [-0.3, -0.25) is 4.79 Å². The van der Waals surface area contributed by atoms with E-state index in [1.165, 1.54) is 12.5 Å². The first-order valence-electron chi connectivity index (χ1n) is 6.66. The predicted molar refractivity (Wildman–Crippen MR) is 86.2 cm³/mol. The van der Waals surface area contributed by atoms with Gasteiger partial charge in [-0.1, -0.05) is 28.1 Å². The average molecular weight is 349 g/mol. The second-order valence-electron chi connectivity index (χ2n) is 4.69. The lowest BCUT2D eigenvalue weighted by molar-refractivity contribution is 0.101. The van der Waals surface area contributed by atoms with Gasteiger partial charge < -0.3 is 9.47 Å². The third kappa shape index (κ3) is 4.41. The van der Waals surface area contributed by atoms with Gasteiger partial charge in [0.25, 0.3) is 0 Å². The molecule has 0 N–H and O–H groups in total. The molecule has 0 radical (unpaired) electrons. The molecule has 0 aromatic heterocycles. The predicted octanol–water partition coefficient (Wildman–Crippen LogP) is 4.63. The Morgan fingerprint density at radius 1 is 1.14 bits per heavy atom. The van der Waals surface area contributed by atoms with Crippen LogP contribution in [0.1, 0.15) is 22.8 Å². The molecule has 2 rings (SSSR count). The standard InChI is InChI=1S/C17H17BrO3/c1-12(19)16-8-5-14(18)11-17(16)21-15-6-3-13(4-7-15)9-10-20-2/h3-8,11H,9-10H2,1-2H3. The van der Waals surface area contributed by atoms with Crippen LogP contribution in [0.4, 0.5) is 0 Å². The summed E-state index contributed by atoms with van der Waals surface area (Å²) in [6, 6.07) is 13.2. The maximum Gasteiger partial charge on any atom is 0.163 e. The van der Waals surface area contributed by atoms with Crippen LogP contribution < -0.4 is 4.74 Å². The molecule has 0 spiro atoms. The first-order chi connectivity index (χ1) is 10.1. The fourth-order valence-electron chi connectivity index (χ4n) is 1.94. The van der Waals surface area contributed by atoms with Crippen molar-refractivity contribution in [3.63, 3.8) is 0 Å². The van der Waals surface area contributed by atoms with Gasteiger partial charge in [-0.25, -0.2) is 0 Å². The third-order valence-electron chi connectivity index (χ3n) is 3.07. The molecule has 0 aliphatic carbocycles.